The van der Waals surface area contributed by atoms with Gasteiger partial charge in [0.15, 0.2) is 0 Å². The molecule has 4 rings (SSSR count). The number of hydrogen-bond donors (Lipinski definition) is 1. The predicted molar refractivity (Wildman–Crippen MR) is 133 cm³/mol. The van der Waals surface area contributed by atoms with Crippen LogP contribution in [-0.4, -0.2) is 25.0 Å². The van der Waals surface area contributed by atoms with Crippen molar-refractivity contribution >= 4 is 28.8 Å². The highest BCUT2D eigenvalue weighted by molar-refractivity contribution is 7.10. The van der Waals surface area contributed by atoms with Gasteiger partial charge in [0.2, 0.25) is 11.8 Å². The smallest absolute Gasteiger partial charge is 0.248 e. The molecule has 1 heterocycles. The van der Waals surface area contributed by atoms with Gasteiger partial charge in [-0.3, -0.25) is 14.5 Å². The number of thiophene rings is 1. The first-order valence-electron chi connectivity index (χ1n) is 11.5. The van der Waals surface area contributed by atoms with Crippen molar-refractivity contribution in [1.29, 1.82) is 0 Å². The van der Waals surface area contributed by atoms with Crippen molar-refractivity contribution in [1.82, 2.24) is 5.32 Å². The number of hydrogen-bond acceptors (Lipinski definition) is 4. The van der Waals surface area contributed by atoms with Crippen molar-refractivity contribution in [2.24, 2.45) is 0 Å². The van der Waals surface area contributed by atoms with Crippen LogP contribution in [0.25, 0.3) is 0 Å². The molecule has 1 aromatic heterocycles. The third kappa shape index (κ3) is 5.47. The molecule has 0 spiro atoms. The minimum atomic E-state index is -0.968. The van der Waals surface area contributed by atoms with Crippen LogP contribution in [0.15, 0.2) is 60.0 Å². The highest BCUT2D eigenvalue weighted by Gasteiger charge is 2.35. The van der Waals surface area contributed by atoms with Crippen LogP contribution in [0.2, 0.25) is 0 Å². The third-order valence-electron chi connectivity index (χ3n) is 6.16. The normalized spacial score (nSPS) is 14.6. The molecule has 0 aliphatic heterocycles. The average Bonchev–Trinajstić information content (AvgIpc) is 3.52. The molecule has 0 saturated heterocycles. The van der Waals surface area contributed by atoms with Crippen LogP contribution in [0, 0.1) is 12.7 Å². The zero-order chi connectivity index (χ0) is 24.1. The zero-order valence-corrected chi connectivity index (χ0v) is 20.2. The number of nitrogens with one attached hydrogen (secondary N) is 1. The Balaban J connectivity index is 1.82. The predicted octanol–water partition coefficient (Wildman–Crippen LogP) is 5.58. The molecular weight excluding hydrogens is 451 g/mol. The molecule has 1 saturated carbocycles. The summed E-state index contributed by atoms with van der Waals surface area (Å²) in [5.74, 6) is -0.418. The number of halogens is 1. The number of ether oxygens (including phenoxy) is 1. The number of carbonyl (C=O) groups excluding carboxylic acids is 2. The van der Waals surface area contributed by atoms with E-state index in [1.165, 1.54) is 28.4 Å². The molecule has 5 nitrogen and oxygen atoms in total. The van der Waals surface area contributed by atoms with E-state index in [-0.39, 0.29) is 24.3 Å². The number of amides is 2. The van der Waals surface area contributed by atoms with E-state index in [9.17, 15) is 14.0 Å². The Morgan fingerprint density at radius 1 is 1.15 bits per heavy atom. The second-order valence-electron chi connectivity index (χ2n) is 8.64. The van der Waals surface area contributed by atoms with E-state index >= 15 is 0 Å². The van der Waals surface area contributed by atoms with Gasteiger partial charge in [-0.1, -0.05) is 37.1 Å². The monoisotopic (exact) mass is 480 g/mol. The number of nitrogens with zero attached hydrogens (tertiary/aromatic N) is 1. The third-order valence-corrected chi connectivity index (χ3v) is 7.04. The first kappa shape index (κ1) is 24.0. The number of rotatable bonds is 8. The summed E-state index contributed by atoms with van der Waals surface area (Å²) in [6, 6.07) is 14.2. The average molecular weight is 481 g/mol. The zero-order valence-electron chi connectivity index (χ0n) is 19.4. The van der Waals surface area contributed by atoms with Gasteiger partial charge in [0.1, 0.15) is 17.6 Å². The maximum absolute atomic E-state index is 13.8. The summed E-state index contributed by atoms with van der Waals surface area (Å²) in [5, 5.41) is 5.06. The van der Waals surface area contributed by atoms with Gasteiger partial charge in [-0.25, -0.2) is 4.39 Å². The van der Waals surface area contributed by atoms with E-state index in [1.54, 1.807) is 25.3 Å². The molecule has 1 aliphatic carbocycles. The minimum Gasteiger partial charge on any atom is -0.495 e. The van der Waals surface area contributed by atoms with Crippen LogP contribution in [0.4, 0.5) is 10.1 Å². The molecule has 0 bridgehead atoms. The Morgan fingerprint density at radius 3 is 2.53 bits per heavy atom. The largest absolute Gasteiger partial charge is 0.495 e. The van der Waals surface area contributed by atoms with Crippen LogP contribution in [0.5, 0.6) is 5.75 Å². The molecule has 178 valence electrons. The summed E-state index contributed by atoms with van der Waals surface area (Å²) in [6.07, 6.45) is 4.11. The lowest BCUT2D eigenvalue weighted by Crippen LogP contribution is -2.47. The van der Waals surface area contributed by atoms with Gasteiger partial charge in [-0.15, -0.1) is 11.3 Å². The molecule has 0 radical (unpaired) electrons. The maximum Gasteiger partial charge on any atom is 0.248 e. The molecule has 34 heavy (non-hydrogen) atoms. The first-order chi connectivity index (χ1) is 16.5. The second-order valence-corrected chi connectivity index (χ2v) is 9.67. The highest BCUT2D eigenvalue weighted by atomic mass is 32.1. The maximum atomic E-state index is 13.8. The van der Waals surface area contributed by atoms with E-state index in [0.29, 0.717) is 17.0 Å². The van der Waals surface area contributed by atoms with Gasteiger partial charge in [-0.05, 0) is 66.6 Å². The van der Waals surface area contributed by atoms with Crippen LogP contribution in [-0.2, 0) is 16.0 Å². The summed E-state index contributed by atoms with van der Waals surface area (Å²) in [5.41, 5.74) is 1.98. The second kappa shape index (κ2) is 10.8. The Hall–Kier alpha value is -3.19. The molecule has 0 unspecified atom stereocenters. The molecule has 1 N–H and O–H groups in total. The van der Waals surface area contributed by atoms with Crippen LogP contribution >= 0.6 is 11.3 Å². The molecule has 1 aliphatic rings. The quantitative estimate of drug-likeness (QED) is 0.458. The van der Waals surface area contributed by atoms with Gasteiger partial charge in [0, 0.05) is 10.9 Å². The summed E-state index contributed by atoms with van der Waals surface area (Å²) >= 11 is 1.49. The molecule has 1 atom stereocenters. The lowest BCUT2D eigenvalue weighted by atomic mass is 10.0. The molecular formula is C27H29FN2O3S. The van der Waals surface area contributed by atoms with Crippen molar-refractivity contribution in [3.05, 3.63) is 81.8 Å². The number of carbonyl (C=O) groups is 2. The minimum absolute atomic E-state index is 0.0732. The summed E-state index contributed by atoms with van der Waals surface area (Å²) in [6.45, 7) is 1.93. The van der Waals surface area contributed by atoms with Crippen molar-refractivity contribution in [3.63, 3.8) is 0 Å². The fourth-order valence-electron chi connectivity index (χ4n) is 4.47. The topological polar surface area (TPSA) is 58.6 Å². The summed E-state index contributed by atoms with van der Waals surface area (Å²) in [4.78, 5) is 30.0. The number of anilines is 1. The SMILES string of the molecule is COc1ccc(C)cc1N(C(=O)Cc1cccs1)[C@H](C(=O)NC1CCCC1)c1ccc(F)cc1. The molecule has 3 aromatic rings. The fourth-order valence-corrected chi connectivity index (χ4v) is 5.16. The Kier molecular flexibility index (Phi) is 7.63. The van der Waals surface area contributed by atoms with E-state index in [1.807, 2.05) is 36.6 Å². The Bertz CT molecular complexity index is 1130. The van der Waals surface area contributed by atoms with Crippen LogP contribution in [0.1, 0.15) is 47.7 Å². The lowest BCUT2D eigenvalue weighted by molar-refractivity contribution is -0.127. The van der Waals surface area contributed by atoms with Gasteiger partial charge >= 0.3 is 0 Å². The van der Waals surface area contributed by atoms with Crippen molar-refractivity contribution < 1.29 is 18.7 Å². The number of aryl methyl sites for hydroxylation is 1. The number of benzene rings is 2. The van der Waals surface area contributed by atoms with E-state index in [0.717, 1.165) is 36.1 Å². The van der Waals surface area contributed by atoms with Gasteiger partial charge in [0.25, 0.3) is 0 Å². The van der Waals surface area contributed by atoms with Gasteiger partial charge in [-0.2, -0.15) is 0 Å². The van der Waals surface area contributed by atoms with Gasteiger partial charge < -0.3 is 10.1 Å². The highest BCUT2D eigenvalue weighted by Crippen LogP contribution is 2.37. The molecule has 2 aromatic carbocycles. The van der Waals surface area contributed by atoms with Gasteiger partial charge in [0.05, 0.1) is 19.2 Å². The standard InChI is InChI=1S/C27H29FN2O3S/c1-18-9-14-24(33-2)23(16-18)30(25(31)17-22-8-5-15-34-22)26(19-10-12-20(28)13-11-19)27(32)29-21-6-3-4-7-21/h5,8-16,21,26H,3-4,6-7,17H2,1-2H3,(H,29,32)/t26-/m0/s1. The molecule has 2 amide bonds. The fraction of sp³-hybridized carbons (Fsp3) is 0.333. The first-order valence-corrected chi connectivity index (χ1v) is 12.4. The molecule has 7 heteroatoms. The van der Waals surface area contributed by atoms with Crippen LogP contribution in [0.3, 0.4) is 0 Å². The van der Waals surface area contributed by atoms with E-state index in [2.05, 4.69) is 5.32 Å². The summed E-state index contributed by atoms with van der Waals surface area (Å²) < 4.78 is 19.4. The van der Waals surface area contributed by atoms with E-state index < -0.39 is 11.9 Å². The van der Waals surface area contributed by atoms with Crippen LogP contribution < -0.4 is 15.0 Å². The number of methoxy groups -OCH3 is 1. The lowest BCUT2D eigenvalue weighted by Gasteiger charge is -2.33. The van der Waals surface area contributed by atoms with Crippen molar-refractivity contribution in [3.8, 4) is 5.75 Å². The summed E-state index contributed by atoms with van der Waals surface area (Å²) in [7, 11) is 1.54. The van der Waals surface area contributed by atoms with E-state index in [4.69, 9.17) is 4.74 Å². The van der Waals surface area contributed by atoms with Crippen molar-refractivity contribution in [2.75, 3.05) is 12.0 Å². The van der Waals surface area contributed by atoms with Crippen molar-refractivity contribution in [2.45, 2.75) is 51.1 Å². The molecule has 1 fully saturated rings. The Labute approximate surface area is 203 Å². The Morgan fingerprint density at radius 2 is 1.88 bits per heavy atom.